The molecule has 2 N–H and O–H groups in total. The number of benzene rings is 1. The van der Waals surface area contributed by atoms with Crippen LogP contribution in [0.5, 0.6) is 11.5 Å². The zero-order chi connectivity index (χ0) is 17.7. The summed E-state index contributed by atoms with van der Waals surface area (Å²) < 4.78 is 13.1. The number of rotatable bonds is 8. The van der Waals surface area contributed by atoms with Gasteiger partial charge in [-0.25, -0.2) is 0 Å². The second kappa shape index (κ2) is 8.05. The number of carbonyl (C=O) groups is 1. The first-order chi connectivity index (χ1) is 11.4. The topological polar surface area (TPSA) is 92.3 Å². The molecule has 0 fully saturated rings. The van der Waals surface area contributed by atoms with Gasteiger partial charge in [-0.1, -0.05) is 17.8 Å². The summed E-state index contributed by atoms with van der Waals surface area (Å²) >= 11 is 1.27. The van der Waals surface area contributed by atoms with E-state index in [1.54, 1.807) is 7.11 Å². The highest BCUT2D eigenvalue weighted by molar-refractivity contribution is 7.99. The highest BCUT2D eigenvalue weighted by atomic mass is 32.2. The lowest BCUT2D eigenvalue weighted by Gasteiger charge is -2.19. The van der Waals surface area contributed by atoms with Gasteiger partial charge in [0.05, 0.1) is 12.9 Å². The zero-order valence-electron chi connectivity index (χ0n) is 14.2. The maximum atomic E-state index is 11.0. The monoisotopic (exact) mass is 350 g/mol. The molecule has 7 nitrogen and oxygen atoms in total. The fourth-order valence-electron chi connectivity index (χ4n) is 2.22. The first-order valence-electron chi connectivity index (χ1n) is 7.59. The Hall–Kier alpha value is -2.22. The molecule has 0 bridgehead atoms. The molecule has 0 saturated heterocycles. The van der Waals surface area contributed by atoms with E-state index in [0.29, 0.717) is 16.7 Å². The molecule has 0 aliphatic carbocycles. The van der Waals surface area contributed by atoms with Crippen molar-refractivity contribution < 1.29 is 14.3 Å². The molecule has 1 aromatic heterocycles. The van der Waals surface area contributed by atoms with Crippen LogP contribution in [-0.4, -0.2) is 33.5 Å². The van der Waals surface area contributed by atoms with E-state index in [0.717, 1.165) is 5.75 Å². The number of thioether (sulfide) groups is 1. The molecule has 0 aliphatic heterocycles. The number of hydrogen-bond acceptors (Lipinski definition) is 6. The van der Waals surface area contributed by atoms with Gasteiger partial charge in [0.1, 0.15) is 11.5 Å². The minimum Gasteiger partial charge on any atom is -0.497 e. The van der Waals surface area contributed by atoms with Crippen molar-refractivity contribution in [3.05, 3.63) is 30.1 Å². The molecule has 0 saturated carbocycles. The number of hydrogen-bond donors (Lipinski definition) is 1. The van der Waals surface area contributed by atoms with Gasteiger partial charge in [0, 0.05) is 12.1 Å². The van der Waals surface area contributed by atoms with Crippen molar-refractivity contribution in [2.75, 3.05) is 12.9 Å². The third-order valence-electron chi connectivity index (χ3n) is 3.27. The zero-order valence-corrected chi connectivity index (χ0v) is 15.0. The average molecular weight is 350 g/mol. The Morgan fingerprint density at radius 2 is 2.00 bits per heavy atom. The molecule has 1 unspecified atom stereocenters. The summed E-state index contributed by atoms with van der Waals surface area (Å²) in [5.74, 6) is 1.88. The average Bonchev–Trinajstić information content (AvgIpc) is 2.97. The molecule has 0 spiro atoms. The third kappa shape index (κ3) is 4.41. The molecule has 1 heterocycles. The van der Waals surface area contributed by atoms with E-state index >= 15 is 0 Å². The molecule has 0 radical (unpaired) electrons. The van der Waals surface area contributed by atoms with E-state index in [2.05, 4.69) is 10.2 Å². The quantitative estimate of drug-likeness (QED) is 0.736. The number of nitrogens with zero attached hydrogens (tertiary/aromatic N) is 3. The minimum atomic E-state index is -0.388. The van der Waals surface area contributed by atoms with Crippen molar-refractivity contribution in [3.63, 3.8) is 0 Å². The van der Waals surface area contributed by atoms with Crippen LogP contribution in [0.2, 0.25) is 0 Å². The molecule has 130 valence electrons. The Balaban J connectivity index is 2.21. The normalized spacial score (nSPS) is 12.2. The summed E-state index contributed by atoms with van der Waals surface area (Å²) in [6.07, 6.45) is -0.310. The lowest BCUT2D eigenvalue weighted by molar-refractivity contribution is -0.115. The van der Waals surface area contributed by atoms with Crippen LogP contribution in [0.25, 0.3) is 0 Å². The van der Waals surface area contributed by atoms with Crippen molar-refractivity contribution in [1.29, 1.82) is 0 Å². The van der Waals surface area contributed by atoms with Crippen LogP contribution in [0.1, 0.15) is 38.7 Å². The number of nitrogens with two attached hydrogens (primary N) is 1. The Bertz CT molecular complexity index is 702. The summed E-state index contributed by atoms with van der Waals surface area (Å²) in [4.78, 5) is 11.0. The number of primary amides is 1. The highest BCUT2D eigenvalue weighted by Crippen LogP contribution is 2.28. The lowest BCUT2D eigenvalue weighted by atomic mass is 10.3. The summed E-state index contributed by atoms with van der Waals surface area (Å²) in [7, 11) is 1.61. The van der Waals surface area contributed by atoms with Crippen LogP contribution < -0.4 is 15.2 Å². The van der Waals surface area contributed by atoms with Crippen molar-refractivity contribution in [2.45, 2.75) is 38.1 Å². The van der Waals surface area contributed by atoms with Gasteiger partial charge in [-0.05, 0) is 32.9 Å². The second-order valence-corrected chi connectivity index (χ2v) is 6.44. The van der Waals surface area contributed by atoms with Crippen molar-refractivity contribution in [2.24, 2.45) is 5.73 Å². The molecule has 2 rings (SSSR count). The van der Waals surface area contributed by atoms with Crippen molar-refractivity contribution >= 4 is 17.7 Å². The summed E-state index contributed by atoms with van der Waals surface area (Å²) in [5.41, 5.74) is 5.21. The standard InChI is InChI=1S/C16H22N4O3S/c1-10(2)20-15(18-19-16(20)24-9-14(17)21)11(3)23-13-7-5-6-12(8-13)22-4/h5-8,10-11H,9H2,1-4H3,(H2,17,21). The molecular weight excluding hydrogens is 328 g/mol. The molecular formula is C16H22N4O3S. The van der Waals surface area contributed by atoms with E-state index in [1.165, 1.54) is 11.8 Å². The Labute approximate surface area is 145 Å². The van der Waals surface area contributed by atoms with E-state index in [-0.39, 0.29) is 23.8 Å². The smallest absolute Gasteiger partial charge is 0.227 e. The summed E-state index contributed by atoms with van der Waals surface area (Å²) in [6.45, 7) is 5.96. The van der Waals surface area contributed by atoms with Crippen LogP contribution >= 0.6 is 11.8 Å². The van der Waals surface area contributed by atoms with Crippen molar-refractivity contribution in [3.8, 4) is 11.5 Å². The number of methoxy groups -OCH3 is 1. The molecule has 8 heteroatoms. The number of carbonyl (C=O) groups excluding carboxylic acids is 1. The van der Waals surface area contributed by atoms with Crippen LogP contribution in [-0.2, 0) is 4.79 Å². The van der Waals surface area contributed by atoms with Gasteiger partial charge in [-0.2, -0.15) is 0 Å². The van der Waals surface area contributed by atoms with Gasteiger partial charge in [-0.3, -0.25) is 4.79 Å². The van der Waals surface area contributed by atoms with Gasteiger partial charge in [0.25, 0.3) is 0 Å². The van der Waals surface area contributed by atoms with E-state index < -0.39 is 0 Å². The number of aromatic nitrogens is 3. The van der Waals surface area contributed by atoms with Crippen LogP contribution in [0.4, 0.5) is 0 Å². The SMILES string of the molecule is COc1cccc(OC(C)c2nnc(SCC(N)=O)n2C(C)C)c1. The molecule has 0 aliphatic rings. The highest BCUT2D eigenvalue weighted by Gasteiger charge is 2.21. The third-order valence-corrected chi connectivity index (χ3v) is 4.23. The molecule has 2 aromatic rings. The largest absolute Gasteiger partial charge is 0.497 e. The maximum absolute atomic E-state index is 11.0. The molecule has 1 aromatic carbocycles. The fourth-order valence-corrected chi connectivity index (χ4v) is 3.03. The molecule has 1 atom stereocenters. The van der Waals surface area contributed by atoms with E-state index in [9.17, 15) is 4.79 Å². The molecule has 24 heavy (non-hydrogen) atoms. The Morgan fingerprint density at radius 3 is 2.62 bits per heavy atom. The van der Waals surface area contributed by atoms with Gasteiger partial charge in [0.15, 0.2) is 17.1 Å². The van der Waals surface area contributed by atoms with Gasteiger partial charge < -0.3 is 19.8 Å². The molecule has 1 amide bonds. The predicted octanol–water partition coefficient (Wildman–Crippen LogP) is 2.59. The summed E-state index contributed by atoms with van der Waals surface area (Å²) in [5, 5.41) is 9.06. The van der Waals surface area contributed by atoms with Gasteiger partial charge in [-0.15, -0.1) is 10.2 Å². The first kappa shape index (κ1) is 18.1. The van der Waals surface area contributed by atoms with E-state index in [4.69, 9.17) is 15.2 Å². The minimum absolute atomic E-state index is 0.127. The predicted molar refractivity (Wildman–Crippen MR) is 92.4 cm³/mol. The van der Waals surface area contributed by atoms with Crippen LogP contribution in [0.15, 0.2) is 29.4 Å². The fraction of sp³-hybridized carbons (Fsp3) is 0.438. The number of ether oxygens (including phenoxy) is 2. The van der Waals surface area contributed by atoms with Crippen LogP contribution in [0.3, 0.4) is 0 Å². The van der Waals surface area contributed by atoms with Crippen LogP contribution in [0, 0.1) is 0 Å². The lowest BCUT2D eigenvalue weighted by Crippen LogP contribution is -2.16. The number of amides is 1. The maximum Gasteiger partial charge on any atom is 0.227 e. The summed E-state index contributed by atoms with van der Waals surface area (Å²) in [6, 6.07) is 7.52. The van der Waals surface area contributed by atoms with E-state index in [1.807, 2.05) is 49.6 Å². The Morgan fingerprint density at radius 1 is 1.29 bits per heavy atom. The van der Waals surface area contributed by atoms with Gasteiger partial charge in [0.2, 0.25) is 5.91 Å². The Kier molecular flexibility index (Phi) is 6.08. The van der Waals surface area contributed by atoms with Crippen molar-refractivity contribution in [1.82, 2.24) is 14.8 Å². The first-order valence-corrected chi connectivity index (χ1v) is 8.57. The van der Waals surface area contributed by atoms with Gasteiger partial charge >= 0.3 is 0 Å². The second-order valence-electron chi connectivity index (χ2n) is 5.50.